The van der Waals surface area contributed by atoms with Gasteiger partial charge in [-0.05, 0) is 49.4 Å². The van der Waals surface area contributed by atoms with Gasteiger partial charge in [0.25, 0.3) is 17.7 Å². The van der Waals surface area contributed by atoms with Gasteiger partial charge in [-0.25, -0.2) is 8.78 Å². The number of nitrogens with zero attached hydrogens (tertiary/aromatic N) is 3. The van der Waals surface area contributed by atoms with Crippen LogP contribution < -0.4 is 10.3 Å². The first kappa shape index (κ1) is 25.0. The summed E-state index contributed by atoms with van der Waals surface area (Å²) in [6, 6.07) is 21.2. The molecule has 9 heteroatoms. The second kappa shape index (κ2) is 9.66. The maximum atomic E-state index is 14.1. The lowest BCUT2D eigenvalue weighted by molar-refractivity contribution is -0.127. The number of nitrogens with one attached hydrogen (secondary N) is 1. The molecule has 1 aliphatic heterocycles. The molecule has 2 amide bonds. The van der Waals surface area contributed by atoms with Gasteiger partial charge < -0.3 is 5.32 Å². The molecule has 0 radical (unpaired) electrons. The van der Waals surface area contributed by atoms with Crippen molar-refractivity contribution in [3.05, 3.63) is 96.2 Å². The lowest BCUT2D eigenvalue weighted by Crippen LogP contribution is -2.36. The summed E-state index contributed by atoms with van der Waals surface area (Å²) >= 11 is 0. The molecule has 7 nitrogen and oxygen atoms in total. The fraction of sp³-hybridized carbons (Fsp3) is 0.172. The number of rotatable bonds is 6. The quantitative estimate of drug-likeness (QED) is 0.330. The maximum Gasteiger partial charge on any atom is 0.273 e. The zero-order valence-electron chi connectivity index (χ0n) is 20.7. The van der Waals surface area contributed by atoms with E-state index in [2.05, 4.69) is 10.4 Å². The normalized spacial score (nSPS) is 15.6. The number of benzene rings is 3. The Morgan fingerprint density at radius 3 is 2.50 bits per heavy atom. The summed E-state index contributed by atoms with van der Waals surface area (Å²) in [5, 5.41) is 8.80. The number of aromatic nitrogens is 1. The van der Waals surface area contributed by atoms with Crippen LogP contribution in [-0.4, -0.2) is 28.0 Å². The van der Waals surface area contributed by atoms with Crippen LogP contribution >= 0.6 is 0 Å². The summed E-state index contributed by atoms with van der Waals surface area (Å²) in [6.07, 6.45) is 1.29. The molecular weight excluding hydrogens is 490 g/mol. The molecule has 0 aliphatic carbocycles. The number of carbonyl (C=O) groups is 3. The number of hydrogen-bond acceptors (Lipinski definition) is 4. The molecule has 5 rings (SSSR count). The third kappa shape index (κ3) is 4.47. The Kier molecular flexibility index (Phi) is 6.36. The molecule has 0 spiro atoms. The lowest BCUT2D eigenvalue weighted by atomic mass is 10.0. The van der Waals surface area contributed by atoms with E-state index >= 15 is 0 Å². The van der Waals surface area contributed by atoms with Crippen LogP contribution in [0.2, 0.25) is 0 Å². The number of hydrogen-bond donors (Lipinski definition) is 1. The number of hydrazone groups is 1. The van der Waals surface area contributed by atoms with Gasteiger partial charge in [-0.1, -0.05) is 43.3 Å². The SMILES string of the molecule is CCC(F)(F)c1cccc(NC(=O)C2C(=O)N(c3ccc4ccn(C(=O)c5ccccc5)c4c3)N=C2C)c1. The van der Waals surface area contributed by atoms with Gasteiger partial charge >= 0.3 is 0 Å². The minimum atomic E-state index is -3.03. The zero-order valence-corrected chi connectivity index (χ0v) is 20.7. The number of amides is 2. The Hall–Kier alpha value is -4.66. The Balaban J connectivity index is 1.39. The van der Waals surface area contributed by atoms with Crippen LogP contribution in [0.3, 0.4) is 0 Å². The Morgan fingerprint density at radius 2 is 1.76 bits per heavy atom. The van der Waals surface area contributed by atoms with Gasteiger partial charge in [0.1, 0.15) is 0 Å². The van der Waals surface area contributed by atoms with Crippen molar-refractivity contribution in [3.8, 4) is 0 Å². The van der Waals surface area contributed by atoms with Crippen molar-refractivity contribution in [2.24, 2.45) is 11.0 Å². The molecule has 0 saturated carbocycles. The molecule has 0 bridgehead atoms. The maximum absolute atomic E-state index is 14.1. The Morgan fingerprint density at radius 1 is 1.00 bits per heavy atom. The highest BCUT2D eigenvalue weighted by atomic mass is 19.3. The molecule has 1 aliphatic rings. The van der Waals surface area contributed by atoms with Crippen LogP contribution in [0.25, 0.3) is 10.9 Å². The number of halogens is 2. The summed E-state index contributed by atoms with van der Waals surface area (Å²) in [6.45, 7) is 2.94. The molecular formula is C29H24F2N4O3. The first-order chi connectivity index (χ1) is 18.2. The first-order valence-electron chi connectivity index (χ1n) is 12.1. The predicted molar refractivity (Wildman–Crippen MR) is 141 cm³/mol. The van der Waals surface area contributed by atoms with Crippen LogP contribution in [0.1, 0.15) is 36.2 Å². The third-order valence-corrected chi connectivity index (χ3v) is 6.55. The molecule has 3 aromatic carbocycles. The average molecular weight is 515 g/mol. The van der Waals surface area contributed by atoms with E-state index < -0.39 is 23.7 Å². The fourth-order valence-corrected chi connectivity index (χ4v) is 4.44. The molecule has 1 N–H and O–H groups in total. The first-order valence-corrected chi connectivity index (χ1v) is 12.1. The van der Waals surface area contributed by atoms with Gasteiger partial charge in [0, 0.05) is 34.8 Å². The number of alkyl halides is 2. The van der Waals surface area contributed by atoms with E-state index in [-0.39, 0.29) is 29.3 Å². The van der Waals surface area contributed by atoms with Crippen LogP contribution in [0, 0.1) is 5.92 Å². The second-order valence-corrected chi connectivity index (χ2v) is 9.05. The van der Waals surface area contributed by atoms with E-state index in [0.29, 0.717) is 16.8 Å². The van der Waals surface area contributed by atoms with E-state index in [1.54, 1.807) is 61.7 Å². The summed E-state index contributed by atoms with van der Waals surface area (Å²) in [5.74, 6) is -5.73. The number of anilines is 2. The molecule has 1 unspecified atom stereocenters. The van der Waals surface area contributed by atoms with E-state index in [1.165, 1.54) is 35.8 Å². The highest BCUT2D eigenvalue weighted by Crippen LogP contribution is 2.33. The molecule has 4 aromatic rings. The third-order valence-electron chi connectivity index (χ3n) is 6.55. The number of fused-ring (bicyclic) bond motifs is 1. The molecule has 1 atom stereocenters. The van der Waals surface area contributed by atoms with Crippen molar-refractivity contribution in [2.75, 3.05) is 10.3 Å². The van der Waals surface area contributed by atoms with Crippen LogP contribution in [0.5, 0.6) is 0 Å². The van der Waals surface area contributed by atoms with E-state index in [0.717, 1.165) is 10.4 Å². The summed E-state index contributed by atoms with van der Waals surface area (Å²) in [5.41, 5.74) is 1.70. The molecule has 1 aromatic heterocycles. The average Bonchev–Trinajstić information content (AvgIpc) is 3.48. The Labute approximate surface area is 217 Å². The lowest BCUT2D eigenvalue weighted by Gasteiger charge is -2.17. The van der Waals surface area contributed by atoms with Gasteiger partial charge in [-0.15, -0.1) is 0 Å². The summed E-state index contributed by atoms with van der Waals surface area (Å²) < 4.78 is 29.7. The van der Waals surface area contributed by atoms with Gasteiger partial charge in [0.05, 0.1) is 16.9 Å². The van der Waals surface area contributed by atoms with Crippen molar-refractivity contribution in [1.82, 2.24) is 4.57 Å². The van der Waals surface area contributed by atoms with Crippen molar-refractivity contribution < 1.29 is 23.2 Å². The molecule has 192 valence electrons. The predicted octanol–water partition coefficient (Wildman–Crippen LogP) is 5.81. The van der Waals surface area contributed by atoms with Crippen molar-refractivity contribution in [2.45, 2.75) is 26.2 Å². The standard InChI is InChI=1S/C29H24F2N4O3/c1-3-29(30,31)21-10-7-11-22(16-21)32-26(36)25-18(2)33-35(28(25)38)23-13-12-19-14-15-34(24(19)17-23)27(37)20-8-5-4-6-9-20/h4-17,25H,3H2,1-2H3,(H,32,36). The van der Waals surface area contributed by atoms with E-state index in [9.17, 15) is 23.2 Å². The van der Waals surface area contributed by atoms with Crippen LogP contribution in [0.4, 0.5) is 20.2 Å². The summed E-state index contributed by atoms with van der Waals surface area (Å²) in [7, 11) is 0. The van der Waals surface area contributed by atoms with Crippen LogP contribution in [0.15, 0.2) is 90.2 Å². The molecule has 0 saturated heterocycles. The zero-order chi connectivity index (χ0) is 27.0. The minimum Gasteiger partial charge on any atom is -0.325 e. The highest BCUT2D eigenvalue weighted by Gasteiger charge is 2.40. The molecule has 38 heavy (non-hydrogen) atoms. The van der Waals surface area contributed by atoms with Crippen molar-refractivity contribution in [3.63, 3.8) is 0 Å². The Bertz CT molecular complexity index is 1590. The fourth-order valence-electron chi connectivity index (χ4n) is 4.44. The van der Waals surface area contributed by atoms with Crippen LogP contribution in [-0.2, 0) is 15.5 Å². The molecule has 2 heterocycles. The van der Waals surface area contributed by atoms with Crippen molar-refractivity contribution >= 4 is 45.7 Å². The monoisotopic (exact) mass is 514 g/mol. The second-order valence-electron chi connectivity index (χ2n) is 9.05. The van der Waals surface area contributed by atoms with E-state index in [1.807, 2.05) is 6.07 Å². The summed E-state index contributed by atoms with van der Waals surface area (Å²) in [4.78, 5) is 39.4. The van der Waals surface area contributed by atoms with Gasteiger partial charge in [-0.2, -0.15) is 10.1 Å². The van der Waals surface area contributed by atoms with E-state index in [4.69, 9.17) is 0 Å². The molecule has 0 fully saturated rings. The highest BCUT2D eigenvalue weighted by molar-refractivity contribution is 6.28. The largest absolute Gasteiger partial charge is 0.325 e. The topological polar surface area (TPSA) is 83.8 Å². The van der Waals surface area contributed by atoms with Crippen molar-refractivity contribution in [1.29, 1.82) is 0 Å². The van der Waals surface area contributed by atoms with Gasteiger partial charge in [0.2, 0.25) is 5.91 Å². The smallest absolute Gasteiger partial charge is 0.273 e. The number of carbonyl (C=O) groups excluding carboxylic acids is 3. The minimum absolute atomic E-state index is 0.165. The van der Waals surface area contributed by atoms with Gasteiger partial charge in [-0.3, -0.25) is 19.0 Å². The van der Waals surface area contributed by atoms with Gasteiger partial charge in [0.15, 0.2) is 5.92 Å².